The first kappa shape index (κ1) is 12.1. The fraction of sp³-hybridized carbons (Fsp3) is 0.154. The van der Waals surface area contributed by atoms with Gasteiger partial charge in [-0.1, -0.05) is 40.2 Å². The zero-order valence-electron chi connectivity index (χ0n) is 9.41. The molecule has 3 N–H and O–H groups in total. The molecule has 0 bridgehead atoms. The van der Waals surface area contributed by atoms with Crippen molar-refractivity contribution in [3.63, 3.8) is 0 Å². The van der Waals surface area contributed by atoms with E-state index in [0.717, 1.165) is 20.9 Å². The number of fused-ring (bicyclic) bond motifs is 1. The second-order valence-corrected chi connectivity index (χ2v) is 4.77. The van der Waals surface area contributed by atoms with E-state index in [-0.39, 0.29) is 5.91 Å². The molecule has 2 aromatic carbocycles. The van der Waals surface area contributed by atoms with Gasteiger partial charge in [0.05, 0.1) is 6.04 Å². The quantitative estimate of drug-likeness (QED) is 0.894. The molecule has 0 unspecified atom stereocenters. The summed E-state index contributed by atoms with van der Waals surface area (Å²) in [7, 11) is 0. The summed E-state index contributed by atoms with van der Waals surface area (Å²) in [5.74, 6) is -0.183. The number of carbonyl (C=O) groups is 1. The smallest absolute Gasteiger partial charge is 0.241 e. The number of halogens is 1. The van der Waals surface area contributed by atoms with Crippen LogP contribution in [-0.2, 0) is 4.79 Å². The summed E-state index contributed by atoms with van der Waals surface area (Å²) in [5, 5.41) is 4.89. The number of nitrogens with one attached hydrogen (secondary N) is 1. The van der Waals surface area contributed by atoms with E-state index in [1.54, 1.807) is 6.92 Å². The number of amides is 1. The van der Waals surface area contributed by atoms with Crippen molar-refractivity contribution in [3.05, 3.63) is 40.9 Å². The number of rotatable bonds is 2. The monoisotopic (exact) mass is 292 g/mol. The summed E-state index contributed by atoms with van der Waals surface area (Å²) in [5.41, 5.74) is 6.32. The summed E-state index contributed by atoms with van der Waals surface area (Å²) in [6.07, 6.45) is 0. The van der Waals surface area contributed by atoms with Crippen molar-refractivity contribution < 1.29 is 4.79 Å². The van der Waals surface area contributed by atoms with Crippen molar-refractivity contribution in [2.45, 2.75) is 13.0 Å². The molecule has 0 saturated carbocycles. The van der Waals surface area contributed by atoms with Gasteiger partial charge in [0.2, 0.25) is 5.91 Å². The van der Waals surface area contributed by atoms with E-state index < -0.39 is 6.04 Å². The second kappa shape index (κ2) is 4.85. The Labute approximate surface area is 108 Å². The molecule has 3 nitrogen and oxygen atoms in total. The highest BCUT2D eigenvalue weighted by Crippen LogP contribution is 2.29. The Morgan fingerprint density at radius 3 is 2.53 bits per heavy atom. The average molecular weight is 293 g/mol. The summed E-state index contributed by atoms with van der Waals surface area (Å²) in [6, 6.07) is 11.1. The van der Waals surface area contributed by atoms with Gasteiger partial charge in [-0.2, -0.15) is 0 Å². The van der Waals surface area contributed by atoms with Gasteiger partial charge in [0.25, 0.3) is 0 Å². The van der Waals surface area contributed by atoms with Crippen LogP contribution in [0.15, 0.2) is 40.9 Å². The number of hydrogen-bond donors (Lipinski definition) is 2. The van der Waals surface area contributed by atoms with Gasteiger partial charge in [0.15, 0.2) is 0 Å². The van der Waals surface area contributed by atoms with Gasteiger partial charge in [-0.05, 0) is 24.4 Å². The van der Waals surface area contributed by atoms with E-state index >= 15 is 0 Å². The predicted octanol–water partition coefficient (Wildman–Crippen LogP) is 2.89. The van der Waals surface area contributed by atoms with Crippen LogP contribution in [0.4, 0.5) is 5.69 Å². The zero-order chi connectivity index (χ0) is 12.4. The van der Waals surface area contributed by atoms with Crippen LogP contribution in [0.2, 0.25) is 0 Å². The molecule has 88 valence electrons. The molecule has 0 saturated heterocycles. The highest BCUT2D eigenvalue weighted by Gasteiger charge is 2.10. The molecule has 0 radical (unpaired) electrons. The van der Waals surface area contributed by atoms with Crippen molar-refractivity contribution in [1.29, 1.82) is 0 Å². The first-order chi connectivity index (χ1) is 8.09. The van der Waals surface area contributed by atoms with Crippen molar-refractivity contribution in [1.82, 2.24) is 0 Å². The molecule has 1 amide bonds. The lowest BCUT2D eigenvalue weighted by Gasteiger charge is -2.11. The minimum absolute atomic E-state index is 0.183. The molecule has 0 aliphatic heterocycles. The Kier molecular flexibility index (Phi) is 3.45. The molecular formula is C13H13BrN2O. The molecule has 0 heterocycles. The van der Waals surface area contributed by atoms with E-state index in [9.17, 15) is 4.79 Å². The van der Waals surface area contributed by atoms with Crippen molar-refractivity contribution in [3.8, 4) is 0 Å². The molecule has 1 atom stereocenters. The number of hydrogen-bond acceptors (Lipinski definition) is 2. The standard InChI is InChI=1S/C13H13BrN2O/c1-8(15)13(17)16-12-7-6-11(14)9-4-2-3-5-10(9)12/h2-8H,15H2,1H3,(H,16,17)/t8-/m0/s1. The van der Waals surface area contributed by atoms with Gasteiger partial charge in [0, 0.05) is 15.5 Å². The van der Waals surface area contributed by atoms with Gasteiger partial charge in [-0.3, -0.25) is 4.79 Å². The summed E-state index contributed by atoms with van der Waals surface area (Å²) < 4.78 is 1.01. The lowest BCUT2D eigenvalue weighted by Crippen LogP contribution is -2.32. The highest BCUT2D eigenvalue weighted by molar-refractivity contribution is 9.10. The van der Waals surface area contributed by atoms with Gasteiger partial charge >= 0.3 is 0 Å². The van der Waals surface area contributed by atoms with Crippen LogP contribution in [0.1, 0.15) is 6.92 Å². The van der Waals surface area contributed by atoms with E-state index in [1.807, 2.05) is 36.4 Å². The fourth-order valence-corrected chi connectivity index (χ4v) is 2.10. The van der Waals surface area contributed by atoms with Gasteiger partial charge in [0.1, 0.15) is 0 Å². The maximum atomic E-state index is 11.6. The highest BCUT2D eigenvalue weighted by atomic mass is 79.9. The van der Waals surface area contributed by atoms with Crippen LogP contribution in [-0.4, -0.2) is 11.9 Å². The van der Waals surface area contributed by atoms with E-state index in [1.165, 1.54) is 0 Å². The summed E-state index contributed by atoms with van der Waals surface area (Å²) >= 11 is 3.49. The van der Waals surface area contributed by atoms with E-state index in [0.29, 0.717) is 0 Å². The lowest BCUT2D eigenvalue weighted by molar-refractivity contribution is -0.117. The van der Waals surface area contributed by atoms with Crippen molar-refractivity contribution in [2.75, 3.05) is 5.32 Å². The largest absolute Gasteiger partial charge is 0.324 e. The molecule has 17 heavy (non-hydrogen) atoms. The molecule has 0 aliphatic rings. The fourth-order valence-electron chi connectivity index (χ4n) is 1.62. The Bertz CT molecular complexity index is 566. The van der Waals surface area contributed by atoms with E-state index in [4.69, 9.17) is 5.73 Å². The maximum absolute atomic E-state index is 11.6. The van der Waals surface area contributed by atoms with Crippen LogP contribution in [0.5, 0.6) is 0 Å². The Morgan fingerprint density at radius 2 is 1.88 bits per heavy atom. The minimum Gasteiger partial charge on any atom is -0.324 e. The maximum Gasteiger partial charge on any atom is 0.241 e. The molecule has 0 spiro atoms. The number of carbonyl (C=O) groups excluding carboxylic acids is 1. The molecule has 0 aromatic heterocycles. The third-order valence-electron chi connectivity index (χ3n) is 2.54. The molecule has 4 heteroatoms. The predicted molar refractivity (Wildman–Crippen MR) is 73.9 cm³/mol. The normalized spacial score (nSPS) is 12.4. The average Bonchev–Trinajstić information content (AvgIpc) is 2.33. The molecular weight excluding hydrogens is 280 g/mol. The van der Waals surface area contributed by atoms with Crippen molar-refractivity contribution >= 4 is 38.3 Å². The molecule has 0 aliphatic carbocycles. The third-order valence-corrected chi connectivity index (χ3v) is 3.23. The molecule has 2 rings (SSSR count). The van der Waals surface area contributed by atoms with Crippen LogP contribution >= 0.6 is 15.9 Å². The first-order valence-electron chi connectivity index (χ1n) is 5.33. The van der Waals surface area contributed by atoms with Crippen LogP contribution in [0.3, 0.4) is 0 Å². The second-order valence-electron chi connectivity index (χ2n) is 3.92. The van der Waals surface area contributed by atoms with E-state index in [2.05, 4.69) is 21.2 Å². The lowest BCUT2D eigenvalue weighted by atomic mass is 10.1. The molecule has 0 fully saturated rings. The topological polar surface area (TPSA) is 55.1 Å². The first-order valence-corrected chi connectivity index (χ1v) is 6.12. The van der Waals surface area contributed by atoms with Gasteiger partial charge < -0.3 is 11.1 Å². The Morgan fingerprint density at radius 1 is 1.24 bits per heavy atom. The Hall–Kier alpha value is -1.39. The number of anilines is 1. The van der Waals surface area contributed by atoms with Crippen LogP contribution in [0, 0.1) is 0 Å². The molecule has 2 aromatic rings. The third kappa shape index (κ3) is 2.48. The zero-order valence-corrected chi connectivity index (χ0v) is 11.0. The van der Waals surface area contributed by atoms with Gasteiger partial charge in [-0.25, -0.2) is 0 Å². The van der Waals surface area contributed by atoms with Crippen molar-refractivity contribution in [2.24, 2.45) is 5.73 Å². The number of benzene rings is 2. The summed E-state index contributed by atoms with van der Waals surface area (Å²) in [4.78, 5) is 11.6. The van der Waals surface area contributed by atoms with Gasteiger partial charge in [-0.15, -0.1) is 0 Å². The Balaban J connectivity index is 2.48. The van der Waals surface area contributed by atoms with Crippen LogP contribution < -0.4 is 11.1 Å². The number of nitrogens with two attached hydrogens (primary N) is 1. The minimum atomic E-state index is -0.516. The SMILES string of the molecule is C[C@H](N)C(=O)Nc1ccc(Br)c2ccccc12. The summed E-state index contributed by atoms with van der Waals surface area (Å²) in [6.45, 7) is 1.66. The van der Waals surface area contributed by atoms with Crippen LogP contribution in [0.25, 0.3) is 10.8 Å².